The van der Waals surface area contributed by atoms with E-state index in [1.807, 2.05) is 19.1 Å². The van der Waals surface area contributed by atoms with Crippen LogP contribution < -0.4 is 10.2 Å². The number of piperidine rings is 1. The second-order valence-corrected chi connectivity index (χ2v) is 8.29. The number of aryl methyl sites for hydroxylation is 1. The number of amides is 1. The number of alkyl halides is 3. The lowest BCUT2D eigenvalue weighted by molar-refractivity contribution is -0.137. The molecule has 1 aliphatic rings. The lowest BCUT2D eigenvalue weighted by atomic mass is 9.97. The Labute approximate surface area is 170 Å². The quantitative estimate of drug-likeness (QED) is 0.612. The van der Waals surface area contributed by atoms with Crippen LogP contribution >= 0.6 is 11.3 Å². The van der Waals surface area contributed by atoms with Crippen LogP contribution in [0.2, 0.25) is 0 Å². The molecule has 8 heteroatoms. The van der Waals surface area contributed by atoms with E-state index < -0.39 is 17.7 Å². The van der Waals surface area contributed by atoms with Crippen LogP contribution in [0.4, 0.5) is 24.0 Å². The summed E-state index contributed by atoms with van der Waals surface area (Å²) in [5.74, 6) is -0.776. The summed E-state index contributed by atoms with van der Waals surface area (Å²) in [6.45, 7) is 3.25. The van der Waals surface area contributed by atoms with E-state index in [-0.39, 0.29) is 11.6 Å². The standard InChI is InChI=1S/C21H20F3N3OS/c1-13-8-9-17-18(11-13)29-20(26-17)27-10-4-5-14(12-27)19(28)25-16-7-3-2-6-15(16)21(22,23)24/h2-3,6-9,11,14H,4-5,10,12H2,1H3,(H,25,28). The van der Waals surface area contributed by atoms with Gasteiger partial charge in [-0.1, -0.05) is 29.5 Å². The molecule has 0 spiro atoms. The molecular formula is C21H20F3N3OS. The molecule has 3 aromatic rings. The largest absolute Gasteiger partial charge is 0.418 e. The average molecular weight is 419 g/mol. The number of fused-ring (bicyclic) bond motifs is 1. The van der Waals surface area contributed by atoms with E-state index in [1.165, 1.54) is 18.2 Å². The van der Waals surface area contributed by atoms with Crippen LogP contribution in [0.5, 0.6) is 0 Å². The Kier molecular flexibility index (Phi) is 5.21. The van der Waals surface area contributed by atoms with E-state index in [9.17, 15) is 18.0 Å². The zero-order valence-corrected chi connectivity index (χ0v) is 16.6. The molecule has 2 aromatic carbocycles. The minimum atomic E-state index is -4.51. The van der Waals surface area contributed by atoms with E-state index >= 15 is 0 Å². The summed E-state index contributed by atoms with van der Waals surface area (Å²) in [6, 6.07) is 11.1. The van der Waals surface area contributed by atoms with E-state index in [4.69, 9.17) is 0 Å². The van der Waals surface area contributed by atoms with Crippen LogP contribution in [0, 0.1) is 12.8 Å². The first-order valence-electron chi connectivity index (χ1n) is 9.40. The number of halogens is 3. The highest BCUT2D eigenvalue weighted by Crippen LogP contribution is 2.36. The Bertz CT molecular complexity index is 1050. The van der Waals surface area contributed by atoms with Crippen molar-refractivity contribution in [3.63, 3.8) is 0 Å². The third-order valence-corrected chi connectivity index (χ3v) is 6.16. The number of hydrogen-bond donors (Lipinski definition) is 1. The first-order valence-corrected chi connectivity index (χ1v) is 10.2. The molecule has 4 nitrogen and oxygen atoms in total. The van der Waals surface area contributed by atoms with Gasteiger partial charge in [0.15, 0.2) is 5.13 Å². The summed E-state index contributed by atoms with van der Waals surface area (Å²) < 4.78 is 40.7. The molecular weight excluding hydrogens is 399 g/mol. The predicted molar refractivity (Wildman–Crippen MR) is 109 cm³/mol. The minimum Gasteiger partial charge on any atom is -0.347 e. The van der Waals surface area contributed by atoms with Gasteiger partial charge in [0.2, 0.25) is 5.91 Å². The molecule has 0 saturated carbocycles. The molecule has 2 heterocycles. The highest BCUT2D eigenvalue weighted by atomic mass is 32.1. The number of nitrogens with one attached hydrogen (secondary N) is 1. The van der Waals surface area contributed by atoms with Gasteiger partial charge >= 0.3 is 6.18 Å². The van der Waals surface area contributed by atoms with Gasteiger partial charge in [0, 0.05) is 13.1 Å². The van der Waals surface area contributed by atoms with Gasteiger partial charge in [-0.2, -0.15) is 13.2 Å². The fourth-order valence-corrected chi connectivity index (χ4v) is 4.69. The zero-order chi connectivity index (χ0) is 20.6. The summed E-state index contributed by atoms with van der Waals surface area (Å²) in [6.07, 6.45) is -3.09. The first-order chi connectivity index (χ1) is 13.8. The second kappa shape index (κ2) is 7.67. The number of rotatable bonds is 3. The predicted octanol–water partition coefficient (Wildman–Crippen LogP) is 5.48. The normalized spacial score (nSPS) is 17.5. The third kappa shape index (κ3) is 4.22. The van der Waals surface area contributed by atoms with Gasteiger partial charge in [0.05, 0.1) is 27.4 Å². The Morgan fingerprint density at radius 2 is 2.03 bits per heavy atom. The Hall–Kier alpha value is -2.61. The maximum absolute atomic E-state index is 13.2. The van der Waals surface area contributed by atoms with E-state index in [0.717, 1.165) is 39.9 Å². The topological polar surface area (TPSA) is 45.2 Å². The van der Waals surface area contributed by atoms with Gasteiger partial charge in [-0.15, -0.1) is 0 Å². The monoisotopic (exact) mass is 419 g/mol. The highest BCUT2D eigenvalue weighted by Gasteiger charge is 2.34. The maximum Gasteiger partial charge on any atom is 0.418 e. The summed E-state index contributed by atoms with van der Waals surface area (Å²) in [4.78, 5) is 19.4. The number of thiazole rings is 1. The molecule has 0 radical (unpaired) electrons. The van der Waals surface area contributed by atoms with Crippen molar-refractivity contribution in [3.05, 3.63) is 53.6 Å². The lowest BCUT2D eigenvalue weighted by Gasteiger charge is -2.31. The Balaban J connectivity index is 1.50. The summed E-state index contributed by atoms with van der Waals surface area (Å²) >= 11 is 1.58. The molecule has 29 heavy (non-hydrogen) atoms. The maximum atomic E-state index is 13.2. The molecule has 1 saturated heterocycles. The van der Waals surface area contributed by atoms with Crippen LogP contribution in [0.25, 0.3) is 10.2 Å². The van der Waals surface area contributed by atoms with E-state index in [1.54, 1.807) is 11.3 Å². The van der Waals surface area contributed by atoms with Crippen molar-refractivity contribution in [2.24, 2.45) is 5.92 Å². The van der Waals surface area contributed by atoms with E-state index in [2.05, 4.69) is 21.3 Å². The van der Waals surface area contributed by atoms with Gasteiger partial charge in [0.1, 0.15) is 0 Å². The third-order valence-electron chi connectivity index (χ3n) is 5.09. The Morgan fingerprint density at radius 3 is 2.83 bits per heavy atom. The summed E-state index contributed by atoms with van der Waals surface area (Å²) in [5.41, 5.74) is 1.05. The van der Waals surface area contributed by atoms with Crippen molar-refractivity contribution in [2.75, 3.05) is 23.3 Å². The van der Waals surface area contributed by atoms with Crippen LogP contribution in [-0.2, 0) is 11.0 Å². The van der Waals surface area contributed by atoms with Gasteiger partial charge in [-0.05, 0) is 49.6 Å². The number of carbonyl (C=O) groups excluding carboxylic acids is 1. The Morgan fingerprint density at radius 1 is 1.24 bits per heavy atom. The number of nitrogens with zero attached hydrogens (tertiary/aromatic N) is 2. The van der Waals surface area contributed by atoms with Gasteiger partial charge in [0.25, 0.3) is 0 Å². The second-order valence-electron chi connectivity index (χ2n) is 7.29. The van der Waals surface area contributed by atoms with Crippen molar-refractivity contribution >= 4 is 38.3 Å². The molecule has 1 aliphatic heterocycles. The smallest absolute Gasteiger partial charge is 0.347 e. The SMILES string of the molecule is Cc1ccc2nc(N3CCCC(C(=O)Nc4ccccc4C(F)(F)F)C3)sc2c1. The van der Waals surface area contributed by atoms with Crippen molar-refractivity contribution in [3.8, 4) is 0 Å². The average Bonchev–Trinajstić information content (AvgIpc) is 3.11. The van der Waals surface area contributed by atoms with Crippen molar-refractivity contribution in [1.29, 1.82) is 0 Å². The molecule has 1 aromatic heterocycles. The fourth-order valence-electron chi connectivity index (χ4n) is 3.59. The molecule has 152 valence electrons. The number of anilines is 2. The van der Waals surface area contributed by atoms with Gasteiger partial charge < -0.3 is 10.2 Å². The molecule has 1 fully saturated rings. The summed E-state index contributed by atoms with van der Waals surface area (Å²) in [7, 11) is 0. The molecule has 4 rings (SSSR count). The number of carbonyl (C=O) groups is 1. The van der Waals surface area contributed by atoms with Crippen LogP contribution in [-0.4, -0.2) is 24.0 Å². The van der Waals surface area contributed by atoms with Crippen LogP contribution in [0.1, 0.15) is 24.0 Å². The first kappa shape index (κ1) is 19.7. The highest BCUT2D eigenvalue weighted by molar-refractivity contribution is 7.22. The van der Waals surface area contributed by atoms with E-state index in [0.29, 0.717) is 13.0 Å². The van der Waals surface area contributed by atoms with Crippen molar-refractivity contribution in [1.82, 2.24) is 4.98 Å². The zero-order valence-electron chi connectivity index (χ0n) is 15.8. The molecule has 0 aliphatic carbocycles. The molecule has 1 unspecified atom stereocenters. The van der Waals surface area contributed by atoms with Crippen molar-refractivity contribution < 1.29 is 18.0 Å². The fraction of sp³-hybridized carbons (Fsp3) is 0.333. The van der Waals surface area contributed by atoms with Crippen molar-refractivity contribution in [2.45, 2.75) is 25.9 Å². The van der Waals surface area contributed by atoms with Crippen LogP contribution in [0.15, 0.2) is 42.5 Å². The number of hydrogen-bond acceptors (Lipinski definition) is 4. The molecule has 1 amide bonds. The molecule has 1 N–H and O–H groups in total. The molecule has 1 atom stereocenters. The van der Waals surface area contributed by atoms with Gasteiger partial charge in [-0.25, -0.2) is 4.98 Å². The minimum absolute atomic E-state index is 0.197. The number of benzene rings is 2. The van der Waals surface area contributed by atoms with Gasteiger partial charge in [-0.3, -0.25) is 4.79 Å². The number of aromatic nitrogens is 1. The summed E-state index contributed by atoms with van der Waals surface area (Å²) in [5, 5.41) is 3.34. The lowest BCUT2D eigenvalue weighted by Crippen LogP contribution is -2.40. The van der Waals surface area contributed by atoms with Crippen LogP contribution in [0.3, 0.4) is 0 Å². The molecule has 0 bridgehead atoms. The number of para-hydroxylation sites is 1.